The van der Waals surface area contributed by atoms with Gasteiger partial charge < -0.3 is 10.0 Å². The molecule has 1 amide bonds. The molecule has 0 unspecified atom stereocenters. The van der Waals surface area contributed by atoms with Crippen molar-refractivity contribution < 1.29 is 14.7 Å². The Hall–Kier alpha value is -1.55. The Kier molecular flexibility index (Phi) is 3.42. The molecular formula is C15H16ClNO3. The third kappa shape index (κ3) is 2.40. The van der Waals surface area contributed by atoms with Crippen LogP contribution in [0.4, 0.5) is 0 Å². The molecule has 5 heteroatoms. The number of carbonyl (C=O) groups excluding carboxylic acids is 1. The zero-order valence-electron chi connectivity index (χ0n) is 11.0. The number of amides is 1. The van der Waals surface area contributed by atoms with Gasteiger partial charge in [0.1, 0.15) is 6.04 Å². The van der Waals surface area contributed by atoms with Crippen molar-refractivity contribution in [2.75, 3.05) is 6.54 Å². The minimum Gasteiger partial charge on any atom is -0.480 e. The van der Waals surface area contributed by atoms with Crippen LogP contribution in [0.15, 0.2) is 24.3 Å². The van der Waals surface area contributed by atoms with E-state index in [0.29, 0.717) is 18.0 Å². The molecule has 1 saturated carbocycles. The van der Waals surface area contributed by atoms with Crippen LogP contribution >= 0.6 is 11.6 Å². The summed E-state index contributed by atoms with van der Waals surface area (Å²) in [5.41, 5.74) is 1.07. The standard InChI is InChI=1S/C15H16ClNO3/c16-10-4-1-3-9(7-10)11-8-12(11)14(18)17-6-2-5-13(17)15(19)20/h1,3-4,7,11-13H,2,5-6,8H2,(H,19,20)/t11-,12+,13+/m1/s1. The Balaban J connectivity index is 1.70. The summed E-state index contributed by atoms with van der Waals surface area (Å²) in [5.74, 6) is -0.791. The smallest absolute Gasteiger partial charge is 0.326 e. The van der Waals surface area contributed by atoms with Crippen LogP contribution in [-0.2, 0) is 9.59 Å². The maximum Gasteiger partial charge on any atom is 0.326 e. The highest BCUT2D eigenvalue weighted by Gasteiger charge is 2.48. The average molecular weight is 294 g/mol. The SMILES string of the molecule is O=C(O)[C@@H]1CCCN1C(=O)[C@H]1C[C@@H]1c1cccc(Cl)c1. The van der Waals surface area contributed by atoms with Crippen LogP contribution in [0.2, 0.25) is 5.02 Å². The summed E-state index contributed by atoms with van der Waals surface area (Å²) in [6.07, 6.45) is 2.13. The first kappa shape index (κ1) is 13.4. The molecule has 0 aromatic heterocycles. The van der Waals surface area contributed by atoms with Crippen molar-refractivity contribution in [2.45, 2.75) is 31.2 Å². The average Bonchev–Trinajstić information content (AvgIpc) is 3.06. The van der Waals surface area contributed by atoms with Gasteiger partial charge in [-0.3, -0.25) is 4.79 Å². The fourth-order valence-corrected chi connectivity index (χ4v) is 3.27. The largest absolute Gasteiger partial charge is 0.480 e. The van der Waals surface area contributed by atoms with Gasteiger partial charge in [-0.15, -0.1) is 0 Å². The molecule has 1 N–H and O–H groups in total. The second-order valence-corrected chi connectivity index (χ2v) is 5.97. The lowest BCUT2D eigenvalue weighted by Gasteiger charge is -2.21. The molecule has 3 atom stereocenters. The van der Waals surface area contributed by atoms with E-state index in [9.17, 15) is 9.59 Å². The van der Waals surface area contributed by atoms with Crippen molar-refractivity contribution >= 4 is 23.5 Å². The Morgan fingerprint density at radius 2 is 2.15 bits per heavy atom. The number of carboxylic acid groups (broad SMARTS) is 1. The minimum absolute atomic E-state index is 0.0140. The molecule has 0 bridgehead atoms. The molecule has 1 aliphatic carbocycles. The number of carboxylic acids is 1. The van der Waals surface area contributed by atoms with Gasteiger partial charge in [-0.1, -0.05) is 23.7 Å². The van der Waals surface area contributed by atoms with E-state index in [1.54, 1.807) is 0 Å². The molecule has 1 aromatic rings. The van der Waals surface area contributed by atoms with Crippen LogP contribution in [0.3, 0.4) is 0 Å². The zero-order chi connectivity index (χ0) is 14.3. The number of nitrogens with zero attached hydrogens (tertiary/aromatic N) is 1. The summed E-state index contributed by atoms with van der Waals surface area (Å²) in [7, 11) is 0. The van der Waals surface area contributed by atoms with Crippen molar-refractivity contribution in [3.8, 4) is 0 Å². The third-order valence-corrected chi connectivity index (χ3v) is 4.44. The van der Waals surface area contributed by atoms with Crippen LogP contribution in [0, 0.1) is 5.92 Å². The highest BCUT2D eigenvalue weighted by molar-refractivity contribution is 6.30. The number of halogens is 1. The van der Waals surface area contributed by atoms with Crippen molar-refractivity contribution in [3.63, 3.8) is 0 Å². The van der Waals surface area contributed by atoms with E-state index in [2.05, 4.69) is 0 Å². The molecule has 3 rings (SSSR count). The van der Waals surface area contributed by atoms with Gasteiger partial charge >= 0.3 is 5.97 Å². The van der Waals surface area contributed by atoms with Crippen LogP contribution in [-0.4, -0.2) is 34.5 Å². The lowest BCUT2D eigenvalue weighted by atomic mass is 10.1. The Bertz CT molecular complexity index is 560. The fourth-order valence-electron chi connectivity index (χ4n) is 3.07. The molecule has 0 radical (unpaired) electrons. The minimum atomic E-state index is -0.893. The van der Waals surface area contributed by atoms with E-state index in [4.69, 9.17) is 16.7 Å². The summed E-state index contributed by atoms with van der Waals surface area (Å²) >= 11 is 5.96. The van der Waals surface area contributed by atoms with Gasteiger partial charge in [0.2, 0.25) is 5.91 Å². The molecular weight excluding hydrogens is 278 g/mol. The molecule has 20 heavy (non-hydrogen) atoms. The maximum atomic E-state index is 12.4. The molecule has 2 fully saturated rings. The van der Waals surface area contributed by atoms with E-state index in [0.717, 1.165) is 18.4 Å². The van der Waals surface area contributed by atoms with Gasteiger partial charge in [0.05, 0.1) is 0 Å². The number of benzene rings is 1. The first-order chi connectivity index (χ1) is 9.58. The van der Waals surface area contributed by atoms with E-state index in [1.165, 1.54) is 4.90 Å². The van der Waals surface area contributed by atoms with Gasteiger partial charge in [-0.2, -0.15) is 0 Å². The van der Waals surface area contributed by atoms with Crippen molar-refractivity contribution in [1.82, 2.24) is 4.90 Å². The van der Waals surface area contributed by atoms with Crippen LogP contribution < -0.4 is 0 Å². The lowest BCUT2D eigenvalue weighted by Crippen LogP contribution is -2.41. The maximum absolute atomic E-state index is 12.4. The van der Waals surface area contributed by atoms with E-state index in [-0.39, 0.29) is 17.7 Å². The number of hydrogen-bond donors (Lipinski definition) is 1. The second kappa shape index (κ2) is 5.09. The lowest BCUT2D eigenvalue weighted by molar-refractivity contribution is -0.148. The number of rotatable bonds is 3. The van der Waals surface area contributed by atoms with E-state index < -0.39 is 12.0 Å². The van der Waals surface area contributed by atoms with Gasteiger partial charge in [0.25, 0.3) is 0 Å². The Morgan fingerprint density at radius 1 is 1.35 bits per heavy atom. The molecule has 1 aromatic carbocycles. The first-order valence-electron chi connectivity index (χ1n) is 6.86. The number of aliphatic carboxylic acids is 1. The first-order valence-corrected chi connectivity index (χ1v) is 7.24. The van der Waals surface area contributed by atoms with Crippen molar-refractivity contribution in [3.05, 3.63) is 34.9 Å². The summed E-state index contributed by atoms with van der Waals surface area (Å²) in [6, 6.07) is 6.92. The molecule has 4 nitrogen and oxygen atoms in total. The van der Waals surface area contributed by atoms with Crippen LogP contribution in [0.25, 0.3) is 0 Å². The van der Waals surface area contributed by atoms with Gasteiger partial charge in [-0.25, -0.2) is 4.79 Å². The topological polar surface area (TPSA) is 57.6 Å². The molecule has 1 saturated heterocycles. The van der Waals surface area contributed by atoms with E-state index >= 15 is 0 Å². The summed E-state index contributed by atoms with van der Waals surface area (Å²) in [5, 5.41) is 9.81. The zero-order valence-corrected chi connectivity index (χ0v) is 11.7. The predicted molar refractivity (Wildman–Crippen MR) is 74.7 cm³/mol. The number of likely N-dealkylation sites (tertiary alicyclic amines) is 1. The molecule has 0 spiro atoms. The monoisotopic (exact) mass is 293 g/mol. The highest BCUT2D eigenvalue weighted by atomic mass is 35.5. The van der Waals surface area contributed by atoms with Gasteiger partial charge in [-0.05, 0) is 42.9 Å². The Morgan fingerprint density at radius 3 is 2.85 bits per heavy atom. The quantitative estimate of drug-likeness (QED) is 0.931. The molecule has 106 valence electrons. The predicted octanol–water partition coefficient (Wildman–Crippen LogP) is 2.52. The summed E-state index contributed by atoms with van der Waals surface area (Å²) in [4.78, 5) is 25.1. The fraction of sp³-hybridized carbons (Fsp3) is 0.467. The van der Waals surface area contributed by atoms with Crippen LogP contribution in [0.5, 0.6) is 0 Å². The molecule has 1 heterocycles. The normalized spacial score (nSPS) is 28.4. The highest BCUT2D eigenvalue weighted by Crippen LogP contribution is 2.49. The molecule has 1 aliphatic heterocycles. The second-order valence-electron chi connectivity index (χ2n) is 5.53. The van der Waals surface area contributed by atoms with Crippen molar-refractivity contribution in [1.29, 1.82) is 0 Å². The van der Waals surface area contributed by atoms with E-state index in [1.807, 2.05) is 24.3 Å². The summed E-state index contributed by atoms with van der Waals surface area (Å²) in [6.45, 7) is 0.564. The van der Waals surface area contributed by atoms with Crippen molar-refractivity contribution in [2.24, 2.45) is 5.92 Å². The third-order valence-electron chi connectivity index (χ3n) is 4.21. The summed E-state index contributed by atoms with van der Waals surface area (Å²) < 4.78 is 0. The number of carbonyl (C=O) groups is 2. The molecule has 2 aliphatic rings. The number of hydrogen-bond acceptors (Lipinski definition) is 2. The van der Waals surface area contributed by atoms with Gasteiger partial charge in [0.15, 0.2) is 0 Å². The van der Waals surface area contributed by atoms with Crippen LogP contribution in [0.1, 0.15) is 30.7 Å². The Labute approximate surface area is 122 Å². The van der Waals surface area contributed by atoms with Gasteiger partial charge in [0, 0.05) is 17.5 Å².